The molecular weight excluding hydrogens is 428 g/mol. The third-order valence-corrected chi connectivity index (χ3v) is 5.83. The van der Waals surface area contributed by atoms with Gasteiger partial charge in [0, 0.05) is 36.3 Å². The minimum atomic E-state index is -0.237. The van der Waals surface area contributed by atoms with Crippen LogP contribution in [0.1, 0.15) is 42.0 Å². The highest BCUT2D eigenvalue weighted by Crippen LogP contribution is 2.35. The summed E-state index contributed by atoms with van der Waals surface area (Å²) in [7, 11) is 0. The number of fused-ring (bicyclic) bond motifs is 1. The van der Waals surface area contributed by atoms with Crippen molar-refractivity contribution in [2.45, 2.75) is 25.8 Å². The molecule has 34 heavy (non-hydrogen) atoms. The van der Waals surface area contributed by atoms with E-state index in [0.29, 0.717) is 23.6 Å². The maximum atomic E-state index is 12.6. The number of rotatable bonds is 4. The molecule has 0 radical (unpaired) electrons. The van der Waals surface area contributed by atoms with Crippen molar-refractivity contribution in [3.63, 3.8) is 0 Å². The van der Waals surface area contributed by atoms with Crippen molar-refractivity contribution < 1.29 is 9.59 Å². The van der Waals surface area contributed by atoms with Crippen LogP contribution in [0.2, 0.25) is 0 Å². The number of carbonyl (C=O) groups excluding carboxylic acids is 2. The zero-order valence-corrected chi connectivity index (χ0v) is 18.6. The second-order valence-electron chi connectivity index (χ2n) is 7.93. The van der Waals surface area contributed by atoms with Gasteiger partial charge in [-0.1, -0.05) is 24.1 Å². The fourth-order valence-electron chi connectivity index (χ4n) is 4.29. The maximum absolute atomic E-state index is 12.6. The van der Waals surface area contributed by atoms with Crippen molar-refractivity contribution in [2.24, 2.45) is 0 Å². The van der Waals surface area contributed by atoms with Crippen molar-refractivity contribution in [1.29, 1.82) is 0 Å². The van der Waals surface area contributed by atoms with E-state index in [1.54, 1.807) is 48.6 Å². The number of likely N-dealkylation sites (tertiary alicyclic amines) is 1. The van der Waals surface area contributed by atoms with Gasteiger partial charge < -0.3 is 10.2 Å². The minimum Gasteiger partial charge on any atom is -0.322 e. The van der Waals surface area contributed by atoms with Crippen LogP contribution in [0.5, 0.6) is 0 Å². The van der Waals surface area contributed by atoms with E-state index in [2.05, 4.69) is 27.1 Å². The van der Waals surface area contributed by atoms with E-state index in [0.717, 1.165) is 29.7 Å². The maximum Gasteiger partial charge on any atom is 0.299 e. The zero-order chi connectivity index (χ0) is 23.5. The first-order valence-electron chi connectivity index (χ1n) is 11.0. The van der Waals surface area contributed by atoms with E-state index < -0.39 is 0 Å². The Hall–Kier alpha value is -4.51. The lowest BCUT2D eigenvalue weighted by Gasteiger charge is -2.21. The lowest BCUT2D eigenvalue weighted by molar-refractivity contribution is -0.126. The minimum absolute atomic E-state index is 0.170. The van der Waals surface area contributed by atoms with Gasteiger partial charge in [0.1, 0.15) is 11.6 Å². The van der Waals surface area contributed by atoms with Crippen LogP contribution in [-0.4, -0.2) is 42.6 Å². The summed E-state index contributed by atoms with van der Waals surface area (Å²) < 4.78 is 1.97. The molecule has 4 aromatic rings. The van der Waals surface area contributed by atoms with Gasteiger partial charge in [-0.15, -0.1) is 0 Å². The summed E-state index contributed by atoms with van der Waals surface area (Å²) in [5.74, 6) is 6.12. The number of aromatic nitrogens is 4. The Labute approximate surface area is 196 Å². The quantitative estimate of drug-likeness (QED) is 0.478. The molecule has 0 unspecified atom stereocenters. The third-order valence-electron chi connectivity index (χ3n) is 5.83. The molecule has 1 saturated heterocycles. The predicted molar refractivity (Wildman–Crippen MR) is 128 cm³/mol. The average Bonchev–Trinajstić information content (AvgIpc) is 3.50. The number of hydrogen-bond donors (Lipinski definition) is 1. The van der Waals surface area contributed by atoms with Crippen molar-refractivity contribution in [3.8, 4) is 23.1 Å². The molecule has 0 saturated carbocycles. The van der Waals surface area contributed by atoms with E-state index in [-0.39, 0.29) is 17.9 Å². The molecule has 0 bridgehead atoms. The summed E-state index contributed by atoms with van der Waals surface area (Å²) in [5, 5.41) is 2.85. The molecule has 0 spiro atoms. The number of nitrogens with one attached hydrogen (secondary N) is 1. The number of imidazole rings is 1. The van der Waals surface area contributed by atoms with Gasteiger partial charge in [-0.05, 0) is 50.0 Å². The molecule has 8 heteroatoms. The normalized spacial score (nSPS) is 15.1. The Morgan fingerprint density at radius 1 is 1.15 bits per heavy atom. The Bertz CT molecular complexity index is 1430. The van der Waals surface area contributed by atoms with Crippen LogP contribution in [0.15, 0.2) is 67.3 Å². The third kappa shape index (κ3) is 3.99. The Kier molecular flexibility index (Phi) is 5.75. The van der Waals surface area contributed by atoms with Gasteiger partial charge in [0.15, 0.2) is 0 Å². The highest BCUT2D eigenvalue weighted by Gasteiger charge is 2.33. The van der Waals surface area contributed by atoms with E-state index in [9.17, 15) is 9.59 Å². The first-order valence-corrected chi connectivity index (χ1v) is 11.0. The molecule has 1 atom stereocenters. The number of hydrogen-bond acceptors (Lipinski definition) is 5. The standard InChI is InChI=1S/C26H22N6O2/c1-2-7-23(33)31-14-6-10-20(31)25-30-24(21-17-27-13-15-32(21)25)19-11-12-28-22(16-19)29-26(34)18-8-4-3-5-9-18/h3-5,8-9,11-13,15-17,20H,6,10,14H2,1H3,(H,28,29,34)/t20-/m0/s1. The van der Waals surface area contributed by atoms with Gasteiger partial charge in [0.25, 0.3) is 11.8 Å². The molecular formula is C26H22N6O2. The van der Waals surface area contributed by atoms with Gasteiger partial charge in [-0.2, -0.15) is 0 Å². The molecule has 1 aromatic carbocycles. The smallest absolute Gasteiger partial charge is 0.299 e. The van der Waals surface area contributed by atoms with Crippen LogP contribution in [0.25, 0.3) is 16.8 Å². The number of amides is 2. The van der Waals surface area contributed by atoms with Crippen LogP contribution < -0.4 is 5.32 Å². The van der Waals surface area contributed by atoms with Crippen LogP contribution in [0.4, 0.5) is 5.82 Å². The van der Waals surface area contributed by atoms with Gasteiger partial charge in [-0.3, -0.25) is 19.0 Å². The van der Waals surface area contributed by atoms with Crippen LogP contribution in [-0.2, 0) is 4.79 Å². The first kappa shape index (κ1) is 21.3. The first-order chi connectivity index (χ1) is 16.7. The van der Waals surface area contributed by atoms with Crippen LogP contribution >= 0.6 is 0 Å². The SMILES string of the molecule is CC#CC(=O)N1CCC[C@H]1c1nc(-c2ccnc(NC(=O)c3ccccc3)c2)c2cnccn12. The molecule has 1 N–H and O–H groups in total. The van der Waals surface area contributed by atoms with Gasteiger partial charge in [0.05, 0.1) is 23.4 Å². The topological polar surface area (TPSA) is 92.5 Å². The number of nitrogens with zero attached hydrogens (tertiary/aromatic N) is 5. The number of carbonyl (C=O) groups is 2. The van der Waals surface area contributed by atoms with Crippen molar-refractivity contribution >= 4 is 23.1 Å². The summed E-state index contributed by atoms with van der Waals surface area (Å²) >= 11 is 0. The molecule has 3 aromatic heterocycles. The zero-order valence-electron chi connectivity index (χ0n) is 18.6. The molecule has 168 valence electrons. The lowest BCUT2D eigenvalue weighted by atomic mass is 10.1. The van der Waals surface area contributed by atoms with Gasteiger partial charge in [0.2, 0.25) is 0 Å². The van der Waals surface area contributed by atoms with Crippen LogP contribution in [0, 0.1) is 11.8 Å². The average molecular weight is 451 g/mol. The molecule has 0 aliphatic carbocycles. The second-order valence-corrected chi connectivity index (χ2v) is 7.93. The molecule has 4 heterocycles. The predicted octanol–water partition coefficient (Wildman–Crippen LogP) is 3.73. The largest absolute Gasteiger partial charge is 0.322 e. The molecule has 2 amide bonds. The van der Waals surface area contributed by atoms with Gasteiger partial charge >= 0.3 is 0 Å². The van der Waals surface area contributed by atoms with Crippen molar-refractivity contribution in [3.05, 3.63) is 78.6 Å². The number of anilines is 1. The second kappa shape index (κ2) is 9.16. The van der Waals surface area contributed by atoms with Crippen molar-refractivity contribution in [1.82, 2.24) is 24.3 Å². The Morgan fingerprint density at radius 3 is 2.82 bits per heavy atom. The molecule has 1 fully saturated rings. The van der Waals surface area contributed by atoms with E-state index in [1.807, 2.05) is 34.9 Å². The van der Waals surface area contributed by atoms with Crippen molar-refractivity contribution in [2.75, 3.05) is 11.9 Å². The number of pyridine rings is 1. The highest BCUT2D eigenvalue weighted by atomic mass is 16.2. The summed E-state index contributed by atoms with van der Waals surface area (Å²) in [6.07, 6.45) is 8.65. The molecule has 1 aliphatic rings. The van der Waals surface area contributed by atoms with E-state index in [4.69, 9.17) is 4.98 Å². The summed E-state index contributed by atoms with van der Waals surface area (Å²) in [6, 6.07) is 12.4. The summed E-state index contributed by atoms with van der Waals surface area (Å²) in [4.78, 5) is 40.5. The van der Waals surface area contributed by atoms with E-state index >= 15 is 0 Å². The lowest BCUT2D eigenvalue weighted by Crippen LogP contribution is -2.30. The van der Waals surface area contributed by atoms with Crippen LogP contribution in [0.3, 0.4) is 0 Å². The summed E-state index contributed by atoms with van der Waals surface area (Å²) in [5.41, 5.74) is 2.86. The van der Waals surface area contributed by atoms with Gasteiger partial charge in [-0.25, -0.2) is 9.97 Å². The molecule has 5 rings (SSSR count). The molecule has 8 nitrogen and oxygen atoms in total. The highest BCUT2D eigenvalue weighted by molar-refractivity contribution is 6.04. The van der Waals surface area contributed by atoms with E-state index in [1.165, 1.54) is 0 Å². The number of benzene rings is 1. The Morgan fingerprint density at radius 2 is 2.00 bits per heavy atom. The fourth-order valence-corrected chi connectivity index (χ4v) is 4.29. The Balaban J connectivity index is 1.52. The summed E-state index contributed by atoms with van der Waals surface area (Å²) in [6.45, 7) is 2.31. The molecule has 1 aliphatic heterocycles. The monoisotopic (exact) mass is 450 g/mol. The fraction of sp³-hybridized carbons (Fsp3) is 0.192.